The van der Waals surface area contributed by atoms with Crippen LogP contribution in [0.5, 0.6) is 0 Å². The Balaban J connectivity index is 2.30. The maximum atomic E-state index is 13.2. The largest absolute Gasteiger partial charge is 0.481 e. The van der Waals surface area contributed by atoms with Crippen LogP contribution in [0.2, 0.25) is 0 Å². The van der Waals surface area contributed by atoms with Gasteiger partial charge in [0.1, 0.15) is 12.1 Å². The van der Waals surface area contributed by atoms with Crippen LogP contribution >= 0.6 is 11.8 Å². The molecule has 0 saturated carbocycles. The first kappa shape index (κ1) is 12.6. The zero-order chi connectivity index (χ0) is 13.1. The topological polar surface area (TPSA) is 68.0 Å². The fourth-order valence-electron chi connectivity index (χ4n) is 1.40. The third-order valence-corrected chi connectivity index (χ3v) is 3.19. The number of aromatic nitrogens is 3. The Labute approximate surface area is 107 Å². The molecule has 0 aliphatic carbocycles. The minimum absolute atomic E-state index is 0.0983. The van der Waals surface area contributed by atoms with Crippen molar-refractivity contribution in [3.63, 3.8) is 0 Å². The molecule has 0 unspecified atom stereocenters. The van der Waals surface area contributed by atoms with Gasteiger partial charge in [-0.15, -0.1) is 10.2 Å². The number of carboxylic acid groups (broad SMARTS) is 1. The van der Waals surface area contributed by atoms with Crippen LogP contribution < -0.4 is 0 Å². The predicted molar refractivity (Wildman–Crippen MR) is 64.4 cm³/mol. The monoisotopic (exact) mass is 267 g/mol. The highest BCUT2D eigenvalue weighted by molar-refractivity contribution is 7.99. The van der Waals surface area contributed by atoms with Crippen molar-refractivity contribution in [1.29, 1.82) is 0 Å². The summed E-state index contributed by atoms with van der Waals surface area (Å²) in [5.41, 5.74) is 1.21. The number of halogens is 1. The molecule has 18 heavy (non-hydrogen) atoms. The second kappa shape index (κ2) is 5.18. The minimum Gasteiger partial charge on any atom is -0.481 e. The maximum absolute atomic E-state index is 13.2. The zero-order valence-electron chi connectivity index (χ0n) is 9.50. The summed E-state index contributed by atoms with van der Waals surface area (Å²) in [6, 6.07) is 4.61. The van der Waals surface area contributed by atoms with Gasteiger partial charge >= 0.3 is 5.97 Å². The Morgan fingerprint density at radius 1 is 1.56 bits per heavy atom. The zero-order valence-corrected chi connectivity index (χ0v) is 10.3. The highest BCUT2D eigenvalue weighted by atomic mass is 32.2. The van der Waals surface area contributed by atoms with Gasteiger partial charge in [-0.2, -0.15) is 0 Å². The van der Waals surface area contributed by atoms with E-state index in [1.54, 1.807) is 23.6 Å². The lowest BCUT2D eigenvalue weighted by Crippen LogP contribution is -2.01. The van der Waals surface area contributed by atoms with Gasteiger partial charge in [-0.25, -0.2) is 4.39 Å². The fourth-order valence-corrected chi connectivity index (χ4v) is 2.05. The van der Waals surface area contributed by atoms with Crippen molar-refractivity contribution in [2.24, 2.45) is 0 Å². The van der Waals surface area contributed by atoms with Gasteiger partial charge in [-0.3, -0.25) is 9.36 Å². The van der Waals surface area contributed by atoms with Gasteiger partial charge < -0.3 is 5.11 Å². The van der Waals surface area contributed by atoms with Gasteiger partial charge in [0.05, 0.1) is 5.75 Å². The predicted octanol–water partition coefficient (Wildman–Crippen LogP) is 1.89. The molecule has 1 heterocycles. The van der Waals surface area contributed by atoms with Gasteiger partial charge in [0.2, 0.25) is 0 Å². The van der Waals surface area contributed by atoms with E-state index in [0.717, 1.165) is 11.8 Å². The van der Waals surface area contributed by atoms with Gasteiger partial charge in [-0.1, -0.05) is 11.8 Å². The second-order valence-corrected chi connectivity index (χ2v) is 4.54. The summed E-state index contributed by atoms with van der Waals surface area (Å²) >= 11 is 1.06. The number of aryl methyl sites for hydroxylation is 1. The molecule has 1 aromatic carbocycles. The standard InChI is InChI=1S/C11H10FN3O2S/c1-7-4-8(2-3-9(7)12)15-6-13-14-11(15)18-5-10(16)17/h2-4,6H,5H2,1H3,(H,16,17). The molecule has 1 N–H and O–H groups in total. The SMILES string of the molecule is Cc1cc(-n2cnnc2SCC(=O)O)ccc1F. The molecule has 0 amide bonds. The number of carbonyl (C=O) groups is 1. The van der Waals surface area contributed by atoms with Crippen LogP contribution in [0.4, 0.5) is 4.39 Å². The molecule has 0 aliphatic rings. The molecule has 0 atom stereocenters. The van der Waals surface area contributed by atoms with Crippen LogP contribution in [-0.4, -0.2) is 31.6 Å². The first-order valence-electron chi connectivity index (χ1n) is 5.09. The molecule has 0 radical (unpaired) electrons. The Kier molecular flexibility index (Phi) is 3.61. The molecule has 94 valence electrons. The lowest BCUT2D eigenvalue weighted by atomic mass is 10.2. The molecule has 0 spiro atoms. The molecule has 0 bridgehead atoms. The molecular weight excluding hydrogens is 257 g/mol. The Morgan fingerprint density at radius 2 is 2.33 bits per heavy atom. The van der Waals surface area contributed by atoms with Gasteiger partial charge in [0.25, 0.3) is 0 Å². The number of rotatable bonds is 4. The third-order valence-electron chi connectivity index (χ3n) is 2.26. The number of thioether (sulfide) groups is 1. The van der Waals surface area contributed by atoms with E-state index in [2.05, 4.69) is 10.2 Å². The third kappa shape index (κ3) is 2.67. The van der Waals surface area contributed by atoms with Gasteiger partial charge in [-0.05, 0) is 30.7 Å². The van der Waals surface area contributed by atoms with E-state index in [-0.39, 0.29) is 11.6 Å². The van der Waals surface area contributed by atoms with Crippen molar-refractivity contribution in [1.82, 2.24) is 14.8 Å². The van der Waals surface area contributed by atoms with Crippen LogP contribution in [0.15, 0.2) is 29.7 Å². The summed E-state index contributed by atoms with van der Waals surface area (Å²) in [7, 11) is 0. The molecular formula is C11H10FN3O2S. The number of hydrogen-bond donors (Lipinski definition) is 1. The number of hydrogen-bond acceptors (Lipinski definition) is 4. The highest BCUT2D eigenvalue weighted by Gasteiger charge is 2.10. The van der Waals surface area contributed by atoms with Crippen molar-refractivity contribution in [2.45, 2.75) is 12.1 Å². The van der Waals surface area contributed by atoms with Crippen molar-refractivity contribution in [3.8, 4) is 5.69 Å². The Hall–Kier alpha value is -1.89. The molecule has 0 fully saturated rings. The Bertz CT molecular complexity index is 585. The van der Waals surface area contributed by atoms with E-state index in [4.69, 9.17) is 5.11 Å². The molecule has 0 saturated heterocycles. The van der Waals surface area contributed by atoms with E-state index in [1.165, 1.54) is 12.4 Å². The summed E-state index contributed by atoms with van der Waals surface area (Å²) in [5.74, 6) is -1.31. The van der Waals surface area contributed by atoms with E-state index in [0.29, 0.717) is 16.4 Å². The average molecular weight is 267 g/mol. The van der Waals surface area contributed by atoms with E-state index < -0.39 is 5.97 Å². The number of nitrogens with zero attached hydrogens (tertiary/aromatic N) is 3. The van der Waals surface area contributed by atoms with Crippen LogP contribution in [-0.2, 0) is 4.79 Å². The normalized spacial score (nSPS) is 10.6. The van der Waals surface area contributed by atoms with Crippen molar-refractivity contribution >= 4 is 17.7 Å². The van der Waals surface area contributed by atoms with Crippen molar-refractivity contribution in [2.75, 3.05) is 5.75 Å². The van der Waals surface area contributed by atoms with Crippen LogP contribution in [0.1, 0.15) is 5.56 Å². The first-order valence-corrected chi connectivity index (χ1v) is 6.07. The van der Waals surface area contributed by atoms with Crippen molar-refractivity contribution in [3.05, 3.63) is 35.9 Å². The molecule has 7 heteroatoms. The lowest BCUT2D eigenvalue weighted by molar-refractivity contribution is -0.133. The maximum Gasteiger partial charge on any atom is 0.313 e. The van der Waals surface area contributed by atoms with Crippen molar-refractivity contribution < 1.29 is 14.3 Å². The quantitative estimate of drug-likeness (QED) is 0.857. The molecule has 0 aliphatic heterocycles. The van der Waals surface area contributed by atoms with E-state index in [9.17, 15) is 9.18 Å². The van der Waals surface area contributed by atoms with E-state index >= 15 is 0 Å². The van der Waals surface area contributed by atoms with Crippen LogP contribution in [0.25, 0.3) is 5.69 Å². The van der Waals surface area contributed by atoms with Gasteiger partial charge in [0.15, 0.2) is 5.16 Å². The number of benzene rings is 1. The molecule has 2 rings (SSSR count). The Morgan fingerprint density at radius 3 is 3.00 bits per heavy atom. The van der Waals surface area contributed by atoms with Crippen LogP contribution in [0, 0.1) is 12.7 Å². The second-order valence-electron chi connectivity index (χ2n) is 3.60. The summed E-state index contributed by atoms with van der Waals surface area (Å²) in [6.45, 7) is 1.66. The average Bonchev–Trinajstić information content (AvgIpc) is 2.78. The molecule has 2 aromatic rings. The van der Waals surface area contributed by atoms with E-state index in [1.807, 2.05) is 0 Å². The number of carboxylic acids is 1. The van der Waals surface area contributed by atoms with Crippen LogP contribution in [0.3, 0.4) is 0 Å². The smallest absolute Gasteiger partial charge is 0.313 e. The highest BCUT2D eigenvalue weighted by Crippen LogP contribution is 2.20. The van der Waals surface area contributed by atoms with Gasteiger partial charge in [0, 0.05) is 5.69 Å². The summed E-state index contributed by atoms with van der Waals surface area (Å²) in [4.78, 5) is 10.5. The summed E-state index contributed by atoms with van der Waals surface area (Å²) in [5, 5.41) is 16.7. The first-order chi connectivity index (χ1) is 8.58. The molecule has 1 aromatic heterocycles. The molecule has 5 nitrogen and oxygen atoms in total. The summed E-state index contributed by atoms with van der Waals surface area (Å²) in [6.07, 6.45) is 1.47. The number of aliphatic carboxylic acids is 1. The lowest BCUT2D eigenvalue weighted by Gasteiger charge is -2.06. The summed E-state index contributed by atoms with van der Waals surface area (Å²) < 4.78 is 14.8. The minimum atomic E-state index is -0.926. The fraction of sp³-hybridized carbons (Fsp3) is 0.182.